The lowest BCUT2D eigenvalue weighted by Crippen LogP contribution is -2.34. The highest BCUT2D eigenvalue weighted by atomic mass is 16.1. The molecule has 72 valence electrons. The summed E-state index contributed by atoms with van der Waals surface area (Å²) in [7, 11) is 0. The number of rotatable bonds is 7. The third-order valence-corrected chi connectivity index (χ3v) is 1.36. The summed E-state index contributed by atoms with van der Waals surface area (Å²) < 4.78 is 0. The zero-order chi connectivity index (χ0) is 9.94. The zero-order valence-corrected chi connectivity index (χ0v) is 7.68. The molecule has 0 aliphatic rings. The molecule has 0 radical (unpaired) electrons. The highest BCUT2D eigenvalue weighted by Crippen LogP contribution is 1.81. The fraction of sp³-hybridized carbons (Fsp3) is 0.556. The molecule has 0 atom stereocenters. The zero-order valence-electron chi connectivity index (χ0n) is 7.68. The molecule has 0 aromatic rings. The summed E-state index contributed by atoms with van der Waals surface area (Å²) in [6, 6.07) is 2.01. The molecule has 0 unspecified atom stereocenters. The lowest BCUT2D eigenvalue weighted by molar-refractivity contribution is -0.120. The predicted molar refractivity (Wildman–Crippen MR) is 50.9 cm³/mol. The first-order valence-electron chi connectivity index (χ1n) is 4.26. The minimum Gasteiger partial charge on any atom is -0.355 e. The van der Waals surface area contributed by atoms with E-state index in [1.807, 2.05) is 6.07 Å². The van der Waals surface area contributed by atoms with E-state index in [-0.39, 0.29) is 5.91 Å². The van der Waals surface area contributed by atoms with Crippen LogP contribution in [-0.4, -0.2) is 25.5 Å². The number of unbranched alkanes of at least 4 members (excludes halogenated alkanes) is 1. The summed E-state index contributed by atoms with van der Waals surface area (Å²) in [6.45, 7) is 5.02. The number of nitriles is 1. The van der Waals surface area contributed by atoms with Gasteiger partial charge < -0.3 is 10.6 Å². The van der Waals surface area contributed by atoms with E-state index in [9.17, 15) is 4.79 Å². The van der Waals surface area contributed by atoms with Crippen molar-refractivity contribution in [3.63, 3.8) is 0 Å². The van der Waals surface area contributed by atoms with Crippen LogP contribution in [0.15, 0.2) is 12.7 Å². The molecule has 0 fully saturated rings. The van der Waals surface area contributed by atoms with Crippen LogP contribution < -0.4 is 10.6 Å². The van der Waals surface area contributed by atoms with Gasteiger partial charge in [0.15, 0.2) is 0 Å². The molecule has 0 aromatic heterocycles. The smallest absolute Gasteiger partial charge is 0.233 e. The Hall–Kier alpha value is -1.34. The molecule has 4 nitrogen and oxygen atoms in total. The Labute approximate surface area is 78.6 Å². The Morgan fingerprint density at radius 1 is 1.62 bits per heavy atom. The third-order valence-electron chi connectivity index (χ3n) is 1.36. The van der Waals surface area contributed by atoms with Gasteiger partial charge in [0, 0.05) is 19.5 Å². The van der Waals surface area contributed by atoms with Crippen molar-refractivity contribution in [2.24, 2.45) is 0 Å². The highest BCUT2D eigenvalue weighted by Gasteiger charge is 1.97. The van der Waals surface area contributed by atoms with Crippen molar-refractivity contribution >= 4 is 5.91 Å². The molecule has 0 bridgehead atoms. The maximum atomic E-state index is 11.0. The van der Waals surface area contributed by atoms with Gasteiger partial charge in [0.1, 0.15) is 0 Å². The van der Waals surface area contributed by atoms with Crippen LogP contribution in [0.5, 0.6) is 0 Å². The van der Waals surface area contributed by atoms with Crippen molar-refractivity contribution in [1.82, 2.24) is 10.6 Å². The third kappa shape index (κ3) is 8.57. The molecule has 0 saturated heterocycles. The number of amides is 1. The summed E-state index contributed by atoms with van der Waals surface area (Å²) in [5.41, 5.74) is 0. The maximum absolute atomic E-state index is 11.0. The summed E-state index contributed by atoms with van der Waals surface area (Å²) in [6.07, 6.45) is 2.90. The number of hydrogen-bond donors (Lipinski definition) is 2. The van der Waals surface area contributed by atoms with Crippen molar-refractivity contribution in [3.8, 4) is 6.07 Å². The SMILES string of the molecule is C=CCNCC(=O)NCCCC#N. The molecule has 0 spiro atoms. The fourth-order valence-corrected chi connectivity index (χ4v) is 0.746. The van der Waals surface area contributed by atoms with Gasteiger partial charge in [-0.1, -0.05) is 6.08 Å². The van der Waals surface area contributed by atoms with Crippen molar-refractivity contribution in [2.75, 3.05) is 19.6 Å². The van der Waals surface area contributed by atoms with Gasteiger partial charge in [0.2, 0.25) is 5.91 Å². The minimum absolute atomic E-state index is 0.0419. The number of carbonyl (C=O) groups excluding carboxylic acids is 1. The molecule has 0 aromatic carbocycles. The topological polar surface area (TPSA) is 64.9 Å². The van der Waals surface area contributed by atoms with E-state index in [0.717, 1.165) is 0 Å². The Kier molecular flexibility index (Phi) is 7.85. The van der Waals surface area contributed by atoms with E-state index in [1.165, 1.54) is 0 Å². The molecule has 2 N–H and O–H groups in total. The van der Waals surface area contributed by atoms with Gasteiger partial charge in [-0.3, -0.25) is 4.79 Å². The highest BCUT2D eigenvalue weighted by molar-refractivity contribution is 5.77. The molecule has 0 aliphatic carbocycles. The summed E-state index contributed by atoms with van der Waals surface area (Å²) in [5, 5.41) is 13.8. The second-order valence-corrected chi connectivity index (χ2v) is 2.53. The molecule has 0 heterocycles. The average molecular weight is 181 g/mol. The standard InChI is InChI=1S/C9H15N3O/c1-2-6-11-8-9(13)12-7-4-3-5-10/h2,11H,1,3-4,6-8H2,(H,12,13). The van der Waals surface area contributed by atoms with Crippen LogP contribution in [0, 0.1) is 11.3 Å². The largest absolute Gasteiger partial charge is 0.355 e. The van der Waals surface area contributed by atoms with E-state index in [4.69, 9.17) is 5.26 Å². The van der Waals surface area contributed by atoms with Crippen LogP contribution in [0.25, 0.3) is 0 Å². The lowest BCUT2D eigenvalue weighted by atomic mass is 10.3. The van der Waals surface area contributed by atoms with E-state index < -0.39 is 0 Å². The van der Waals surface area contributed by atoms with Crippen molar-refractivity contribution in [3.05, 3.63) is 12.7 Å². The predicted octanol–water partition coefficient (Wildman–Crippen LogP) is 0.182. The monoisotopic (exact) mass is 181 g/mol. The average Bonchev–Trinajstić information content (AvgIpc) is 2.13. The molecule has 13 heavy (non-hydrogen) atoms. The Bertz CT molecular complexity index is 196. The number of nitrogens with zero attached hydrogens (tertiary/aromatic N) is 1. The molecular weight excluding hydrogens is 166 g/mol. The van der Waals surface area contributed by atoms with Crippen LogP contribution in [0.1, 0.15) is 12.8 Å². The van der Waals surface area contributed by atoms with Gasteiger partial charge in [-0.15, -0.1) is 6.58 Å². The van der Waals surface area contributed by atoms with Gasteiger partial charge in [-0.05, 0) is 6.42 Å². The summed E-state index contributed by atoms with van der Waals surface area (Å²) >= 11 is 0. The van der Waals surface area contributed by atoms with Gasteiger partial charge in [0.25, 0.3) is 0 Å². The van der Waals surface area contributed by atoms with E-state index in [1.54, 1.807) is 6.08 Å². The van der Waals surface area contributed by atoms with E-state index >= 15 is 0 Å². The summed E-state index contributed by atoms with van der Waals surface area (Å²) in [5.74, 6) is -0.0419. The van der Waals surface area contributed by atoms with E-state index in [2.05, 4.69) is 17.2 Å². The second-order valence-electron chi connectivity index (χ2n) is 2.53. The van der Waals surface area contributed by atoms with Crippen LogP contribution in [-0.2, 0) is 4.79 Å². The maximum Gasteiger partial charge on any atom is 0.233 e. The van der Waals surface area contributed by atoms with Crippen molar-refractivity contribution < 1.29 is 4.79 Å². The molecule has 4 heteroatoms. The lowest BCUT2D eigenvalue weighted by Gasteiger charge is -2.03. The first kappa shape index (κ1) is 11.7. The van der Waals surface area contributed by atoms with Gasteiger partial charge in [-0.25, -0.2) is 0 Å². The number of hydrogen-bond acceptors (Lipinski definition) is 3. The first-order valence-corrected chi connectivity index (χ1v) is 4.26. The van der Waals surface area contributed by atoms with Gasteiger partial charge >= 0.3 is 0 Å². The molecule has 1 amide bonds. The van der Waals surface area contributed by atoms with Crippen molar-refractivity contribution in [1.29, 1.82) is 5.26 Å². The number of nitrogens with one attached hydrogen (secondary N) is 2. The Morgan fingerprint density at radius 3 is 3.00 bits per heavy atom. The van der Waals surface area contributed by atoms with Crippen LogP contribution in [0.4, 0.5) is 0 Å². The summed E-state index contributed by atoms with van der Waals surface area (Å²) in [4.78, 5) is 11.0. The fourth-order valence-electron chi connectivity index (χ4n) is 0.746. The minimum atomic E-state index is -0.0419. The van der Waals surface area contributed by atoms with E-state index in [0.29, 0.717) is 32.5 Å². The van der Waals surface area contributed by atoms with Gasteiger partial charge in [-0.2, -0.15) is 5.26 Å². The van der Waals surface area contributed by atoms with Gasteiger partial charge in [0.05, 0.1) is 12.6 Å². The first-order chi connectivity index (χ1) is 6.31. The molecular formula is C9H15N3O. The molecule has 0 saturated carbocycles. The van der Waals surface area contributed by atoms with Crippen LogP contribution in [0.2, 0.25) is 0 Å². The van der Waals surface area contributed by atoms with Crippen molar-refractivity contribution in [2.45, 2.75) is 12.8 Å². The molecule has 0 rings (SSSR count). The number of carbonyl (C=O) groups is 1. The normalized spacial score (nSPS) is 8.85. The second kappa shape index (κ2) is 8.75. The van der Waals surface area contributed by atoms with Crippen LogP contribution in [0.3, 0.4) is 0 Å². The Balaban J connectivity index is 3.21. The quantitative estimate of drug-likeness (QED) is 0.435. The van der Waals surface area contributed by atoms with Crippen LogP contribution >= 0.6 is 0 Å². The Morgan fingerprint density at radius 2 is 2.38 bits per heavy atom. The molecule has 0 aliphatic heterocycles.